The van der Waals surface area contributed by atoms with E-state index in [4.69, 9.17) is 0 Å². The Morgan fingerprint density at radius 3 is 2.38 bits per heavy atom. The zero-order valence-corrected chi connectivity index (χ0v) is 9.94. The van der Waals surface area contributed by atoms with Gasteiger partial charge in [-0.05, 0) is 29.5 Å². The molecule has 0 unspecified atom stereocenters. The summed E-state index contributed by atoms with van der Waals surface area (Å²) in [6.45, 7) is 1.17. The van der Waals surface area contributed by atoms with Crippen LogP contribution in [-0.2, 0) is 0 Å². The van der Waals surface area contributed by atoms with E-state index in [0.717, 1.165) is 6.20 Å². The zero-order valence-electron chi connectivity index (χ0n) is 7.78. The number of aryl methyl sites for hydroxylation is 1. The Morgan fingerprint density at radius 1 is 1.38 bits per heavy atom. The number of hydrogen-bond donors (Lipinski definition) is 0. The molecule has 0 fully saturated rings. The lowest BCUT2D eigenvalue weighted by Crippen LogP contribution is -2.19. The van der Waals surface area contributed by atoms with Crippen LogP contribution in [0.1, 0.15) is 17.7 Å². The standard InChI is InChI=1S/C8H5F5INO/c1-3-6(16-8(11,12)13)5(7(9)10)4(14)2-15-3/h2,7H,1H3. The number of aromatic nitrogens is 1. The largest absolute Gasteiger partial charge is 0.573 e. The molecule has 1 rings (SSSR count). The van der Waals surface area contributed by atoms with Crippen LogP contribution >= 0.6 is 22.6 Å². The lowest BCUT2D eigenvalue weighted by atomic mass is 10.2. The molecular formula is C8H5F5INO. The van der Waals surface area contributed by atoms with Gasteiger partial charge in [0, 0.05) is 9.77 Å². The minimum absolute atomic E-state index is 0.0718. The predicted octanol–water partition coefficient (Wildman–Crippen LogP) is 3.83. The van der Waals surface area contributed by atoms with E-state index in [2.05, 4.69) is 9.72 Å². The lowest BCUT2D eigenvalue weighted by molar-refractivity contribution is -0.275. The van der Waals surface area contributed by atoms with Gasteiger partial charge in [0.15, 0.2) is 5.75 Å². The zero-order chi connectivity index (χ0) is 12.5. The van der Waals surface area contributed by atoms with Gasteiger partial charge in [-0.1, -0.05) is 0 Å². The van der Waals surface area contributed by atoms with Crippen molar-refractivity contribution in [2.75, 3.05) is 0 Å². The Kier molecular flexibility index (Phi) is 3.92. The monoisotopic (exact) mass is 353 g/mol. The van der Waals surface area contributed by atoms with Crippen molar-refractivity contribution >= 4 is 22.6 Å². The quantitative estimate of drug-likeness (QED) is 0.596. The average molecular weight is 353 g/mol. The van der Waals surface area contributed by atoms with E-state index >= 15 is 0 Å². The van der Waals surface area contributed by atoms with Crippen LogP contribution in [0, 0.1) is 10.5 Å². The normalized spacial score (nSPS) is 12.0. The first-order chi connectivity index (χ1) is 7.22. The second-order valence-corrected chi connectivity index (χ2v) is 3.95. The van der Waals surface area contributed by atoms with Crippen LogP contribution in [0.25, 0.3) is 0 Å². The number of halogens is 6. The molecule has 0 aliphatic carbocycles. The molecule has 0 atom stereocenters. The van der Waals surface area contributed by atoms with Crippen LogP contribution in [0.15, 0.2) is 6.20 Å². The molecule has 16 heavy (non-hydrogen) atoms. The van der Waals surface area contributed by atoms with Crippen LogP contribution in [-0.4, -0.2) is 11.3 Å². The number of alkyl halides is 5. The second kappa shape index (κ2) is 4.68. The Bertz CT molecular complexity index is 393. The molecule has 1 heterocycles. The molecule has 0 N–H and O–H groups in total. The first kappa shape index (κ1) is 13.4. The summed E-state index contributed by atoms with van der Waals surface area (Å²) in [7, 11) is 0. The maximum atomic E-state index is 12.6. The predicted molar refractivity (Wildman–Crippen MR) is 53.3 cm³/mol. The number of ether oxygens (including phenoxy) is 1. The van der Waals surface area contributed by atoms with Crippen LogP contribution in [0.5, 0.6) is 5.75 Å². The van der Waals surface area contributed by atoms with Gasteiger partial charge in [0.2, 0.25) is 0 Å². The molecule has 0 saturated heterocycles. The molecular weight excluding hydrogens is 348 g/mol. The third-order valence-electron chi connectivity index (χ3n) is 1.64. The average Bonchev–Trinajstić information content (AvgIpc) is 2.08. The summed E-state index contributed by atoms with van der Waals surface area (Å²) in [5.74, 6) is -0.922. The topological polar surface area (TPSA) is 22.1 Å². The van der Waals surface area contributed by atoms with E-state index in [-0.39, 0.29) is 9.26 Å². The lowest BCUT2D eigenvalue weighted by Gasteiger charge is -2.15. The summed E-state index contributed by atoms with van der Waals surface area (Å²) in [4.78, 5) is 3.54. The van der Waals surface area contributed by atoms with Crippen molar-refractivity contribution in [3.63, 3.8) is 0 Å². The Balaban J connectivity index is 3.29. The van der Waals surface area contributed by atoms with Gasteiger partial charge in [-0.2, -0.15) is 0 Å². The van der Waals surface area contributed by atoms with Crippen molar-refractivity contribution in [2.24, 2.45) is 0 Å². The molecule has 0 amide bonds. The summed E-state index contributed by atoms with van der Waals surface area (Å²) in [5, 5.41) is 0. The molecule has 0 bridgehead atoms. The van der Waals surface area contributed by atoms with Crippen molar-refractivity contribution in [2.45, 2.75) is 19.7 Å². The smallest absolute Gasteiger partial charge is 0.403 e. The molecule has 0 aliphatic heterocycles. The van der Waals surface area contributed by atoms with E-state index in [1.807, 2.05) is 0 Å². The Labute approximate surface area is 101 Å². The maximum absolute atomic E-state index is 12.6. The van der Waals surface area contributed by atoms with Gasteiger partial charge in [0.05, 0.1) is 11.3 Å². The van der Waals surface area contributed by atoms with Crippen molar-refractivity contribution in [3.8, 4) is 5.75 Å². The Morgan fingerprint density at radius 2 is 1.94 bits per heavy atom. The molecule has 0 aliphatic rings. The highest BCUT2D eigenvalue weighted by Crippen LogP contribution is 2.37. The summed E-state index contributed by atoms with van der Waals surface area (Å²) in [6.07, 6.45) is -6.99. The molecule has 2 nitrogen and oxygen atoms in total. The maximum Gasteiger partial charge on any atom is 0.573 e. The van der Waals surface area contributed by atoms with Gasteiger partial charge in [0.1, 0.15) is 0 Å². The van der Waals surface area contributed by atoms with Gasteiger partial charge >= 0.3 is 6.36 Å². The van der Waals surface area contributed by atoms with Crippen LogP contribution in [0.2, 0.25) is 0 Å². The summed E-state index contributed by atoms with van der Waals surface area (Å²) in [6, 6.07) is 0. The van der Waals surface area contributed by atoms with E-state index in [0.29, 0.717) is 0 Å². The summed E-state index contributed by atoms with van der Waals surface area (Å²) < 4.78 is 64.6. The molecule has 1 aromatic rings. The minimum Gasteiger partial charge on any atom is -0.403 e. The second-order valence-electron chi connectivity index (χ2n) is 2.78. The summed E-state index contributed by atoms with van der Waals surface area (Å²) in [5.41, 5.74) is -1.02. The highest BCUT2D eigenvalue weighted by molar-refractivity contribution is 14.1. The van der Waals surface area contributed by atoms with Crippen LogP contribution < -0.4 is 4.74 Å². The Hall–Kier alpha value is -0.670. The van der Waals surface area contributed by atoms with Crippen molar-refractivity contribution in [3.05, 3.63) is 21.0 Å². The van der Waals surface area contributed by atoms with Crippen molar-refractivity contribution in [1.82, 2.24) is 4.98 Å². The molecule has 1 aromatic heterocycles. The highest BCUT2D eigenvalue weighted by atomic mass is 127. The number of nitrogens with zero attached hydrogens (tertiary/aromatic N) is 1. The molecule has 90 valence electrons. The van der Waals surface area contributed by atoms with Crippen LogP contribution in [0.4, 0.5) is 22.0 Å². The third kappa shape index (κ3) is 3.16. The van der Waals surface area contributed by atoms with Gasteiger partial charge < -0.3 is 4.74 Å². The van der Waals surface area contributed by atoms with Crippen LogP contribution in [0.3, 0.4) is 0 Å². The molecule has 0 radical (unpaired) electrons. The first-order valence-corrected chi connectivity index (χ1v) is 4.99. The third-order valence-corrected chi connectivity index (χ3v) is 2.50. The number of rotatable bonds is 2. The van der Waals surface area contributed by atoms with Gasteiger partial charge in [-0.25, -0.2) is 8.78 Å². The molecule has 0 aromatic carbocycles. The first-order valence-electron chi connectivity index (χ1n) is 3.91. The van der Waals surface area contributed by atoms with Crippen molar-refractivity contribution in [1.29, 1.82) is 0 Å². The fourth-order valence-electron chi connectivity index (χ4n) is 1.03. The van der Waals surface area contributed by atoms with Gasteiger partial charge in [-0.3, -0.25) is 4.98 Å². The van der Waals surface area contributed by atoms with E-state index in [1.54, 1.807) is 0 Å². The van der Waals surface area contributed by atoms with E-state index in [9.17, 15) is 22.0 Å². The van der Waals surface area contributed by atoms with Gasteiger partial charge in [0.25, 0.3) is 6.43 Å². The molecule has 8 heteroatoms. The SMILES string of the molecule is Cc1ncc(I)c(C(F)F)c1OC(F)(F)F. The number of pyridine rings is 1. The summed E-state index contributed by atoms with van der Waals surface area (Å²) >= 11 is 1.48. The highest BCUT2D eigenvalue weighted by Gasteiger charge is 2.35. The molecule has 0 saturated carbocycles. The molecule has 0 spiro atoms. The van der Waals surface area contributed by atoms with E-state index < -0.39 is 24.1 Å². The van der Waals surface area contributed by atoms with E-state index in [1.165, 1.54) is 29.5 Å². The number of hydrogen-bond acceptors (Lipinski definition) is 2. The fourth-order valence-corrected chi connectivity index (χ4v) is 1.65. The van der Waals surface area contributed by atoms with Gasteiger partial charge in [-0.15, -0.1) is 13.2 Å². The van der Waals surface area contributed by atoms with Crippen molar-refractivity contribution < 1.29 is 26.7 Å². The minimum atomic E-state index is -5.01. The fraction of sp³-hybridized carbons (Fsp3) is 0.375.